The van der Waals surface area contributed by atoms with E-state index in [0.717, 1.165) is 18.5 Å². The van der Waals surface area contributed by atoms with E-state index in [4.69, 9.17) is 11.6 Å². The highest BCUT2D eigenvalue weighted by atomic mass is 35.5. The molecular weight excluding hydrogens is 330 g/mol. The van der Waals surface area contributed by atoms with E-state index in [1.165, 1.54) is 0 Å². The molecule has 0 saturated heterocycles. The van der Waals surface area contributed by atoms with Gasteiger partial charge in [-0.05, 0) is 37.0 Å². The molecule has 0 bridgehead atoms. The second kappa shape index (κ2) is 6.04. The average molecular weight is 344 g/mol. The van der Waals surface area contributed by atoms with E-state index >= 15 is 0 Å². The monoisotopic (exact) mass is 343 g/mol. The maximum atomic E-state index is 12.5. The van der Waals surface area contributed by atoms with Crippen LogP contribution in [-0.4, -0.2) is 36.3 Å². The number of H-pyrrole nitrogens is 1. The normalized spacial score (nSPS) is 15.2. The van der Waals surface area contributed by atoms with Gasteiger partial charge in [-0.25, -0.2) is 4.68 Å². The molecule has 122 valence electrons. The SMILES string of the molecule is O=C(N[C@H](c1nn[nH]n1)C1CC1)c1ccn(-c2ccccc2Cl)n1. The average Bonchev–Trinajstić information content (AvgIpc) is 3.09. The summed E-state index contributed by atoms with van der Waals surface area (Å²) in [5.74, 6) is 0.566. The fraction of sp³-hybridized carbons (Fsp3) is 0.267. The Labute approximate surface area is 142 Å². The quantitative estimate of drug-likeness (QED) is 0.737. The molecule has 3 aromatic rings. The molecule has 0 spiro atoms. The van der Waals surface area contributed by atoms with Gasteiger partial charge in [-0.3, -0.25) is 4.79 Å². The van der Waals surface area contributed by atoms with Gasteiger partial charge in [-0.15, -0.1) is 10.2 Å². The predicted octanol–water partition coefficient (Wildman–Crippen LogP) is 1.92. The largest absolute Gasteiger partial charge is 0.340 e. The van der Waals surface area contributed by atoms with Crippen molar-refractivity contribution in [2.45, 2.75) is 18.9 Å². The van der Waals surface area contributed by atoms with Crippen molar-refractivity contribution in [3.8, 4) is 5.69 Å². The number of nitrogens with zero attached hydrogens (tertiary/aromatic N) is 5. The number of amides is 1. The Hall–Kier alpha value is -2.74. The van der Waals surface area contributed by atoms with Gasteiger partial charge in [0.05, 0.1) is 16.8 Å². The summed E-state index contributed by atoms with van der Waals surface area (Å²) < 4.78 is 1.58. The number of halogens is 1. The molecule has 2 N–H and O–H groups in total. The van der Waals surface area contributed by atoms with Crippen molar-refractivity contribution in [2.75, 3.05) is 0 Å². The van der Waals surface area contributed by atoms with Crippen LogP contribution in [0.15, 0.2) is 36.5 Å². The van der Waals surface area contributed by atoms with Crippen molar-refractivity contribution in [2.24, 2.45) is 5.92 Å². The summed E-state index contributed by atoms with van der Waals surface area (Å²) >= 11 is 6.16. The van der Waals surface area contributed by atoms with Gasteiger partial charge in [0.15, 0.2) is 11.5 Å². The number of benzene rings is 1. The number of para-hydroxylation sites is 1. The van der Waals surface area contributed by atoms with Gasteiger partial charge in [0.25, 0.3) is 5.91 Å². The maximum Gasteiger partial charge on any atom is 0.272 e. The van der Waals surface area contributed by atoms with Crippen molar-refractivity contribution in [3.63, 3.8) is 0 Å². The van der Waals surface area contributed by atoms with Crippen molar-refractivity contribution in [1.82, 2.24) is 35.7 Å². The molecule has 9 heteroatoms. The molecule has 0 aliphatic heterocycles. The van der Waals surface area contributed by atoms with Crippen LogP contribution in [0.4, 0.5) is 0 Å². The van der Waals surface area contributed by atoms with E-state index in [1.54, 1.807) is 23.0 Å². The topological polar surface area (TPSA) is 101 Å². The zero-order valence-electron chi connectivity index (χ0n) is 12.6. The summed E-state index contributed by atoms with van der Waals surface area (Å²) in [4.78, 5) is 12.5. The van der Waals surface area contributed by atoms with Crippen LogP contribution in [0.2, 0.25) is 5.02 Å². The van der Waals surface area contributed by atoms with Crippen molar-refractivity contribution < 1.29 is 4.79 Å². The minimum absolute atomic E-state index is 0.248. The van der Waals surface area contributed by atoms with Crippen LogP contribution in [0.3, 0.4) is 0 Å². The van der Waals surface area contributed by atoms with Gasteiger partial charge in [-0.2, -0.15) is 10.3 Å². The zero-order valence-corrected chi connectivity index (χ0v) is 13.3. The van der Waals surface area contributed by atoms with Crippen molar-refractivity contribution >= 4 is 17.5 Å². The first kappa shape index (κ1) is 14.8. The number of tetrazole rings is 1. The Morgan fingerprint density at radius 2 is 2.17 bits per heavy atom. The molecule has 1 saturated carbocycles. The van der Waals surface area contributed by atoms with Gasteiger partial charge < -0.3 is 5.32 Å². The lowest BCUT2D eigenvalue weighted by atomic mass is 10.1. The molecule has 1 aliphatic rings. The van der Waals surface area contributed by atoms with Gasteiger partial charge in [0, 0.05) is 6.20 Å². The fourth-order valence-electron chi connectivity index (χ4n) is 2.56. The molecule has 4 rings (SSSR count). The van der Waals surface area contributed by atoms with E-state index in [0.29, 0.717) is 22.5 Å². The highest BCUT2D eigenvalue weighted by molar-refractivity contribution is 6.32. The fourth-order valence-corrected chi connectivity index (χ4v) is 2.78. The van der Waals surface area contributed by atoms with E-state index in [1.807, 2.05) is 18.2 Å². The third-order valence-electron chi connectivity index (χ3n) is 3.94. The van der Waals surface area contributed by atoms with Crippen LogP contribution in [-0.2, 0) is 0 Å². The summed E-state index contributed by atoms with van der Waals surface area (Å²) in [6.07, 6.45) is 3.78. The second-order valence-electron chi connectivity index (χ2n) is 5.66. The molecule has 8 nitrogen and oxygen atoms in total. The predicted molar refractivity (Wildman–Crippen MR) is 85.7 cm³/mol. The minimum atomic E-state index is -0.275. The highest BCUT2D eigenvalue weighted by Gasteiger charge is 2.36. The Morgan fingerprint density at radius 3 is 2.88 bits per heavy atom. The number of carbonyl (C=O) groups is 1. The Kier molecular flexibility index (Phi) is 3.73. The first-order chi connectivity index (χ1) is 11.7. The third-order valence-corrected chi connectivity index (χ3v) is 4.26. The molecule has 1 amide bonds. The van der Waals surface area contributed by atoms with Crippen LogP contribution in [0.5, 0.6) is 0 Å². The molecule has 0 radical (unpaired) electrons. The van der Waals surface area contributed by atoms with E-state index in [-0.39, 0.29) is 11.9 Å². The van der Waals surface area contributed by atoms with Crippen molar-refractivity contribution in [3.05, 3.63) is 53.1 Å². The number of aromatic amines is 1. The lowest BCUT2D eigenvalue weighted by molar-refractivity contribution is 0.0924. The Balaban J connectivity index is 1.54. The number of nitrogens with one attached hydrogen (secondary N) is 2. The van der Waals surface area contributed by atoms with Crippen molar-refractivity contribution in [1.29, 1.82) is 0 Å². The first-order valence-electron chi connectivity index (χ1n) is 7.57. The Morgan fingerprint density at radius 1 is 1.33 bits per heavy atom. The van der Waals surface area contributed by atoms with Crippen LogP contribution < -0.4 is 5.32 Å². The summed E-state index contributed by atoms with van der Waals surface area (Å²) in [5.41, 5.74) is 1.03. The van der Waals surface area contributed by atoms with Crippen LogP contribution in [0.1, 0.15) is 35.2 Å². The molecule has 24 heavy (non-hydrogen) atoms. The van der Waals surface area contributed by atoms with Crippen LogP contribution in [0, 0.1) is 5.92 Å². The first-order valence-corrected chi connectivity index (χ1v) is 7.95. The number of hydrogen-bond donors (Lipinski definition) is 2. The summed E-state index contributed by atoms with van der Waals surface area (Å²) in [7, 11) is 0. The molecule has 2 aromatic heterocycles. The van der Waals surface area contributed by atoms with Gasteiger partial charge in [0.1, 0.15) is 0 Å². The number of carbonyl (C=O) groups excluding carboxylic acids is 1. The van der Waals surface area contributed by atoms with Gasteiger partial charge >= 0.3 is 0 Å². The molecule has 1 aromatic carbocycles. The van der Waals surface area contributed by atoms with Crippen LogP contribution >= 0.6 is 11.6 Å². The zero-order chi connectivity index (χ0) is 16.5. The molecular formula is C15H14ClN7O. The lowest BCUT2D eigenvalue weighted by Crippen LogP contribution is -2.31. The van der Waals surface area contributed by atoms with Gasteiger partial charge in [0.2, 0.25) is 0 Å². The van der Waals surface area contributed by atoms with Crippen LogP contribution in [0.25, 0.3) is 5.69 Å². The smallest absolute Gasteiger partial charge is 0.272 e. The Bertz CT molecular complexity index is 856. The molecule has 0 unspecified atom stereocenters. The molecule has 2 heterocycles. The second-order valence-corrected chi connectivity index (χ2v) is 6.06. The number of hydrogen-bond acceptors (Lipinski definition) is 5. The van der Waals surface area contributed by atoms with E-state index in [9.17, 15) is 4.79 Å². The van der Waals surface area contributed by atoms with Gasteiger partial charge in [-0.1, -0.05) is 28.9 Å². The minimum Gasteiger partial charge on any atom is -0.340 e. The lowest BCUT2D eigenvalue weighted by Gasteiger charge is -2.13. The van der Waals surface area contributed by atoms with E-state index in [2.05, 4.69) is 31.0 Å². The summed E-state index contributed by atoms with van der Waals surface area (Å²) in [5, 5.41) is 21.8. The third kappa shape index (κ3) is 2.88. The highest BCUT2D eigenvalue weighted by Crippen LogP contribution is 2.39. The van der Waals surface area contributed by atoms with E-state index < -0.39 is 0 Å². The molecule has 1 fully saturated rings. The number of rotatable bonds is 5. The maximum absolute atomic E-state index is 12.5. The standard InChI is InChI=1S/C15H14ClN7O/c16-10-3-1-2-4-12(10)23-8-7-11(20-23)15(24)17-13(9-5-6-9)14-18-21-22-19-14/h1-4,7-9,13H,5-6H2,(H,17,24)(H,18,19,21,22)/t13-/m0/s1. The molecule has 1 aliphatic carbocycles. The number of aromatic nitrogens is 6. The molecule has 1 atom stereocenters. The summed E-state index contributed by atoms with van der Waals surface area (Å²) in [6, 6.07) is 8.72. The summed E-state index contributed by atoms with van der Waals surface area (Å²) in [6.45, 7) is 0.